The first-order valence-electron chi connectivity index (χ1n) is 11.0. The number of carbonyl (C=O) groups is 1. The van der Waals surface area contributed by atoms with Crippen LogP contribution in [0.5, 0.6) is 23.0 Å². The van der Waals surface area contributed by atoms with Gasteiger partial charge in [-0.25, -0.2) is 4.79 Å². The smallest absolute Gasteiger partial charge is 0.342 e. The molecule has 36 heavy (non-hydrogen) atoms. The van der Waals surface area contributed by atoms with E-state index in [0.717, 1.165) is 22.8 Å². The molecule has 1 N–H and O–H groups in total. The molecule has 0 bridgehead atoms. The van der Waals surface area contributed by atoms with Gasteiger partial charge >= 0.3 is 5.97 Å². The van der Waals surface area contributed by atoms with E-state index < -0.39 is 11.8 Å². The average molecular weight is 505 g/mol. The lowest BCUT2D eigenvalue weighted by Crippen LogP contribution is -2.29. The maximum absolute atomic E-state index is 13.3. The number of benzene rings is 3. The minimum absolute atomic E-state index is 0.0855. The molecule has 0 aliphatic carbocycles. The first kappa shape index (κ1) is 22.3. The van der Waals surface area contributed by atoms with Crippen LogP contribution in [0, 0.1) is 0 Å². The van der Waals surface area contributed by atoms with E-state index in [4.69, 9.17) is 23.7 Å². The summed E-state index contributed by atoms with van der Waals surface area (Å²) >= 11 is 1.09. The molecule has 0 radical (unpaired) electrons. The van der Waals surface area contributed by atoms with Gasteiger partial charge in [0.25, 0.3) is 5.79 Å². The van der Waals surface area contributed by atoms with Crippen LogP contribution in [0.3, 0.4) is 0 Å². The number of carbonyl (C=O) groups excluding carboxylic acids is 1. The molecule has 4 aromatic rings. The highest BCUT2D eigenvalue weighted by Crippen LogP contribution is 2.47. The minimum atomic E-state index is -2.00. The van der Waals surface area contributed by atoms with E-state index in [-0.39, 0.29) is 18.8 Å². The number of methoxy groups -OCH3 is 2. The molecule has 1 aromatic heterocycles. The van der Waals surface area contributed by atoms with Crippen molar-refractivity contribution in [2.75, 3.05) is 21.0 Å². The lowest BCUT2D eigenvalue weighted by Gasteiger charge is -2.26. The van der Waals surface area contributed by atoms with Crippen molar-refractivity contribution in [1.29, 1.82) is 0 Å². The van der Waals surface area contributed by atoms with Gasteiger partial charge in [0.15, 0.2) is 11.5 Å². The summed E-state index contributed by atoms with van der Waals surface area (Å²) in [7, 11) is 3.10. The lowest BCUT2D eigenvalue weighted by molar-refractivity contribution is -0.185. The van der Waals surface area contributed by atoms with Crippen LogP contribution in [0.2, 0.25) is 0 Å². The van der Waals surface area contributed by atoms with Crippen molar-refractivity contribution in [1.82, 2.24) is 8.75 Å². The first-order chi connectivity index (χ1) is 17.5. The summed E-state index contributed by atoms with van der Waals surface area (Å²) in [5.41, 5.74) is 3.73. The second kappa shape index (κ2) is 8.51. The minimum Gasteiger partial charge on any atom is -0.497 e. The normalized spacial score (nSPS) is 18.6. The predicted octanol–water partition coefficient (Wildman–Crippen LogP) is 3.84. The molecule has 9 nitrogen and oxygen atoms in total. The fourth-order valence-electron chi connectivity index (χ4n) is 4.52. The van der Waals surface area contributed by atoms with E-state index >= 15 is 0 Å². The average Bonchev–Trinajstić information content (AvgIpc) is 3.61. The molecular weight excluding hydrogens is 484 g/mol. The van der Waals surface area contributed by atoms with E-state index in [1.807, 2.05) is 0 Å². The fraction of sp³-hybridized carbons (Fsp3) is 0.192. The van der Waals surface area contributed by atoms with Crippen LogP contribution in [0.4, 0.5) is 0 Å². The van der Waals surface area contributed by atoms with Crippen molar-refractivity contribution in [2.24, 2.45) is 0 Å². The number of rotatable bonds is 6. The Morgan fingerprint density at radius 1 is 1.00 bits per heavy atom. The summed E-state index contributed by atoms with van der Waals surface area (Å²) in [6.45, 7) is 0.0855. The molecule has 3 aromatic carbocycles. The Bertz CT molecular complexity index is 1530. The summed E-state index contributed by atoms with van der Waals surface area (Å²) in [5, 5.41) is 11.9. The Balaban J connectivity index is 1.53. The molecule has 182 valence electrons. The number of nitrogens with zero attached hydrogens (tertiary/aromatic N) is 2. The number of ether oxygens (including phenoxy) is 5. The molecule has 0 spiro atoms. The highest BCUT2D eigenvalue weighted by atomic mass is 32.1. The van der Waals surface area contributed by atoms with Gasteiger partial charge in [-0.05, 0) is 59.7 Å². The zero-order valence-electron chi connectivity index (χ0n) is 19.3. The summed E-state index contributed by atoms with van der Waals surface area (Å²) in [5.74, 6) is -0.494. The van der Waals surface area contributed by atoms with Crippen LogP contribution >= 0.6 is 11.7 Å². The van der Waals surface area contributed by atoms with Crippen LogP contribution in [-0.4, -0.2) is 40.8 Å². The Labute approximate surface area is 209 Å². The zero-order valence-corrected chi connectivity index (χ0v) is 20.1. The number of aromatic nitrogens is 2. The summed E-state index contributed by atoms with van der Waals surface area (Å²) in [6, 6.07) is 15.7. The molecular formula is C26H20N2O7S. The Hall–Kier alpha value is -4.15. The van der Waals surface area contributed by atoms with E-state index in [9.17, 15) is 9.90 Å². The van der Waals surface area contributed by atoms with E-state index in [1.54, 1.807) is 68.8 Å². The first-order valence-corrected chi connectivity index (χ1v) is 11.8. The van der Waals surface area contributed by atoms with Crippen molar-refractivity contribution in [3.8, 4) is 23.0 Å². The fourth-order valence-corrected chi connectivity index (χ4v) is 5.03. The molecule has 2 aliphatic heterocycles. The third-order valence-corrected chi connectivity index (χ3v) is 6.83. The number of fused-ring (bicyclic) bond motifs is 2. The number of esters is 1. The molecule has 0 amide bonds. The number of hydrogen-bond donors (Lipinski definition) is 1. The highest BCUT2D eigenvalue weighted by molar-refractivity contribution is 7.00. The zero-order chi connectivity index (χ0) is 24.9. The second-order valence-corrected chi connectivity index (χ2v) is 8.82. The van der Waals surface area contributed by atoms with Gasteiger partial charge in [0.1, 0.15) is 16.8 Å². The maximum atomic E-state index is 13.3. The molecule has 1 atom stereocenters. The van der Waals surface area contributed by atoms with Crippen molar-refractivity contribution < 1.29 is 33.6 Å². The quantitative estimate of drug-likeness (QED) is 0.392. The molecule has 6 rings (SSSR count). The van der Waals surface area contributed by atoms with Gasteiger partial charge < -0.3 is 28.8 Å². The largest absolute Gasteiger partial charge is 0.497 e. The predicted molar refractivity (Wildman–Crippen MR) is 130 cm³/mol. The van der Waals surface area contributed by atoms with Gasteiger partial charge in [-0.1, -0.05) is 6.07 Å². The third kappa shape index (κ3) is 3.53. The molecule has 1 unspecified atom stereocenters. The second-order valence-electron chi connectivity index (χ2n) is 8.29. The number of hydrogen-bond acceptors (Lipinski definition) is 10. The van der Waals surface area contributed by atoms with Gasteiger partial charge in [-0.15, -0.1) is 0 Å². The van der Waals surface area contributed by atoms with E-state index in [0.29, 0.717) is 45.2 Å². The highest BCUT2D eigenvalue weighted by Gasteiger charge is 2.48. The number of cyclic esters (lactones) is 1. The molecule has 0 saturated carbocycles. The number of aliphatic hydroxyl groups is 1. The van der Waals surface area contributed by atoms with Gasteiger partial charge in [-0.3, -0.25) is 0 Å². The summed E-state index contributed by atoms with van der Waals surface area (Å²) in [6.07, 6.45) is 0.171. The lowest BCUT2D eigenvalue weighted by atomic mass is 9.88. The van der Waals surface area contributed by atoms with Crippen LogP contribution < -0.4 is 18.9 Å². The van der Waals surface area contributed by atoms with Crippen LogP contribution in [0.25, 0.3) is 16.6 Å². The molecule has 3 heterocycles. The SMILES string of the molecule is COc1ccc(C2(O)OC(=O)C(c3ccc4nsnc4c3)=C2Cc2cc(OC)c3c(c2)OCO3)cc1. The third-order valence-electron chi connectivity index (χ3n) is 6.28. The van der Waals surface area contributed by atoms with Crippen molar-refractivity contribution in [3.63, 3.8) is 0 Å². The monoisotopic (exact) mass is 504 g/mol. The topological polar surface area (TPSA) is 109 Å². The summed E-state index contributed by atoms with van der Waals surface area (Å²) in [4.78, 5) is 13.3. The molecule has 10 heteroatoms. The van der Waals surface area contributed by atoms with E-state index in [1.165, 1.54) is 0 Å². The summed E-state index contributed by atoms with van der Waals surface area (Å²) < 4.78 is 36.0. The van der Waals surface area contributed by atoms with Crippen molar-refractivity contribution in [2.45, 2.75) is 12.2 Å². The Morgan fingerprint density at radius 2 is 1.81 bits per heavy atom. The molecule has 0 fully saturated rings. The van der Waals surface area contributed by atoms with Crippen LogP contribution in [0.15, 0.2) is 60.2 Å². The van der Waals surface area contributed by atoms with Gasteiger partial charge in [0.2, 0.25) is 12.5 Å². The Morgan fingerprint density at radius 3 is 2.58 bits per heavy atom. The van der Waals surface area contributed by atoms with Crippen LogP contribution in [0.1, 0.15) is 16.7 Å². The Kier molecular flexibility index (Phi) is 5.27. The van der Waals surface area contributed by atoms with Gasteiger partial charge in [0, 0.05) is 17.6 Å². The van der Waals surface area contributed by atoms with Crippen molar-refractivity contribution in [3.05, 3.63) is 76.9 Å². The molecule has 2 aliphatic rings. The van der Waals surface area contributed by atoms with Crippen LogP contribution in [-0.2, 0) is 21.7 Å². The standard InChI is InChI=1S/C26H20N2O7S/c1-31-17-6-4-16(5-7-17)26(30)18(9-14-10-21(32-2)24-22(11-14)33-13-34-24)23(25(29)35-26)15-3-8-19-20(12-15)28-36-27-19/h3-8,10-12,30H,9,13H2,1-2H3. The maximum Gasteiger partial charge on any atom is 0.342 e. The van der Waals surface area contributed by atoms with Gasteiger partial charge in [-0.2, -0.15) is 8.75 Å². The van der Waals surface area contributed by atoms with E-state index in [2.05, 4.69) is 8.75 Å². The molecule has 0 saturated heterocycles. The van der Waals surface area contributed by atoms with Crippen molar-refractivity contribution >= 4 is 34.3 Å². The van der Waals surface area contributed by atoms with Gasteiger partial charge in [0.05, 0.1) is 31.5 Å².